The first-order chi connectivity index (χ1) is 9.80. The van der Waals surface area contributed by atoms with E-state index in [1.807, 2.05) is 13.1 Å². The molecule has 1 N–H and O–H groups in total. The van der Waals surface area contributed by atoms with E-state index in [2.05, 4.69) is 17.4 Å². The number of rotatable bonds is 6. The summed E-state index contributed by atoms with van der Waals surface area (Å²) in [5, 5.41) is 3.17. The zero-order chi connectivity index (χ0) is 13.9. The lowest BCUT2D eigenvalue weighted by Gasteiger charge is -2.22. The molecular weight excluding hydrogens is 250 g/mol. The van der Waals surface area contributed by atoms with Crippen molar-refractivity contribution >= 4 is 0 Å². The fourth-order valence-corrected chi connectivity index (χ4v) is 3.93. The Morgan fingerprint density at radius 3 is 2.75 bits per heavy atom. The third-order valence-electron chi connectivity index (χ3n) is 4.95. The van der Waals surface area contributed by atoms with E-state index in [9.17, 15) is 0 Å². The fourth-order valence-electron chi connectivity index (χ4n) is 3.93. The van der Waals surface area contributed by atoms with E-state index in [-0.39, 0.29) is 0 Å². The van der Waals surface area contributed by atoms with Gasteiger partial charge in [0.2, 0.25) is 0 Å². The van der Waals surface area contributed by atoms with Crippen LogP contribution in [0.25, 0.3) is 0 Å². The van der Waals surface area contributed by atoms with Gasteiger partial charge in [0.05, 0.1) is 13.7 Å². The molecule has 2 saturated carbocycles. The van der Waals surface area contributed by atoms with Crippen LogP contribution in [-0.2, 0) is 6.54 Å². The molecule has 20 heavy (non-hydrogen) atoms. The molecule has 0 spiro atoms. The number of hydrogen-bond donors (Lipinski definition) is 1. The maximum atomic E-state index is 6.10. The molecule has 1 aromatic carbocycles. The quantitative estimate of drug-likeness (QED) is 0.864. The highest BCUT2D eigenvalue weighted by Crippen LogP contribution is 2.48. The Kier molecular flexibility index (Phi) is 4.16. The van der Waals surface area contributed by atoms with Gasteiger partial charge < -0.3 is 14.8 Å². The molecule has 3 rings (SSSR count). The van der Waals surface area contributed by atoms with E-state index in [0.29, 0.717) is 0 Å². The Bertz CT molecular complexity index is 460. The van der Waals surface area contributed by atoms with Crippen molar-refractivity contribution in [3.05, 3.63) is 23.8 Å². The Hall–Kier alpha value is -1.22. The molecule has 2 fully saturated rings. The molecule has 0 saturated heterocycles. The number of fused-ring (bicyclic) bond motifs is 2. The third-order valence-corrected chi connectivity index (χ3v) is 4.95. The van der Waals surface area contributed by atoms with Crippen LogP contribution in [0.2, 0.25) is 0 Å². The van der Waals surface area contributed by atoms with E-state index in [1.54, 1.807) is 7.11 Å². The maximum Gasteiger partial charge on any atom is 0.161 e. The van der Waals surface area contributed by atoms with Crippen molar-refractivity contribution in [2.75, 3.05) is 20.8 Å². The fraction of sp³-hybridized carbons (Fsp3) is 0.647. The second-order valence-corrected chi connectivity index (χ2v) is 6.26. The summed E-state index contributed by atoms with van der Waals surface area (Å²) >= 11 is 0. The molecule has 0 heterocycles. The molecule has 3 atom stereocenters. The summed E-state index contributed by atoms with van der Waals surface area (Å²) in [6.07, 6.45) is 5.66. The van der Waals surface area contributed by atoms with Gasteiger partial charge in [-0.2, -0.15) is 0 Å². The summed E-state index contributed by atoms with van der Waals surface area (Å²) in [4.78, 5) is 0. The lowest BCUT2D eigenvalue weighted by atomic mass is 9.89. The number of hydrogen-bond acceptors (Lipinski definition) is 3. The van der Waals surface area contributed by atoms with Crippen LogP contribution in [0.3, 0.4) is 0 Å². The predicted octanol–water partition coefficient (Wildman–Crippen LogP) is 3.23. The van der Waals surface area contributed by atoms with Gasteiger partial charge in [0, 0.05) is 6.54 Å². The van der Waals surface area contributed by atoms with Crippen molar-refractivity contribution < 1.29 is 9.47 Å². The van der Waals surface area contributed by atoms with E-state index < -0.39 is 0 Å². The zero-order valence-corrected chi connectivity index (χ0v) is 12.5. The van der Waals surface area contributed by atoms with Gasteiger partial charge >= 0.3 is 0 Å². The molecule has 0 aliphatic heterocycles. The molecule has 2 aliphatic carbocycles. The number of ether oxygens (including phenoxy) is 2. The topological polar surface area (TPSA) is 30.5 Å². The number of nitrogens with one attached hydrogen (secondary N) is 1. The van der Waals surface area contributed by atoms with Crippen molar-refractivity contribution in [3.63, 3.8) is 0 Å². The SMILES string of the molecule is CNCc1ccc(OC)c(OCC2CC3CCC2C3)c1. The molecule has 3 nitrogen and oxygen atoms in total. The first-order valence-corrected chi connectivity index (χ1v) is 7.74. The molecule has 0 amide bonds. The standard InChI is InChI=1S/C17H25NO2/c1-18-10-13-4-6-16(19-2)17(9-13)20-11-15-8-12-3-5-14(15)7-12/h4,6,9,12,14-15,18H,3,5,7-8,10-11H2,1-2H3. The molecule has 110 valence electrons. The van der Waals surface area contributed by atoms with Crippen LogP contribution in [0.4, 0.5) is 0 Å². The highest BCUT2D eigenvalue weighted by molar-refractivity contribution is 5.43. The first kappa shape index (κ1) is 13.7. The number of benzene rings is 1. The van der Waals surface area contributed by atoms with Crippen LogP contribution < -0.4 is 14.8 Å². The minimum atomic E-state index is 0.756. The van der Waals surface area contributed by atoms with Crippen molar-refractivity contribution in [3.8, 4) is 11.5 Å². The Morgan fingerprint density at radius 1 is 1.20 bits per heavy atom. The van der Waals surface area contributed by atoms with Gasteiger partial charge in [-0.05, 0) is 61.8 Å². The maximum absolute atomic E-state index is 6.10. The molecule has 3 heteroatoms. The Morgan fingerprint density at radius 2 is 2.10 bits per heavy atom. The average Bonchev–Trinajstić information content (AvgIpc) is 3.08. The van der Waals surface area contributed by atoms with Gasteiger partial charge in [-0.1, -0.05) is 12.5 Å². The second-order valence-electron chi connectivity index (χ2n) is 6.26. The average molecular weight is 275 g/mol. The van der Waals surface area contributed by atoms with Gasteiger partial charge in [-0.3, -0.25) is 0 Å². The van der Waals surface area contributed by atoms with Crippen LogP contribution in [0, 0.1) is 17.8 Å². The Labute approximate surface area is 121 Å². The summed E-state index contributed by atoms with van der Waals surface area (Å²) in [5.74, 6) is 4.38. The smallest absolute Gasteiger partial charge is 0.161 e. The normalized spacial score (nSPS) is 27.8. The van der Waals surface area contributed by atoms with E-state index in [4.69, 9.17) is 9.47 Å². The van der Waals surface area contributed by atoms with Gasteiger partial charge in [-0.25, -0.2) is 0 Å². The highest BCUT2D eigenvalue weighted by atomic mass is 16.5. The third kappa shape index (κ3) is 2.78. The summed E-state index contributed by atoms with van der Waals surface area (Å²) in [5.41, 5.74) is 1.23. The molecule has 0 aromatic heterocycles. The van der Waals surface area contributed by atoms with Gasteiger partial charge in [0.15, 0.2) is 11.5 Å². The summed E-state index contributed by atoms with van der Waals surface area (Å²) in [6.45, 7) is 1.70. The van der Waals surface area contributed by atoms with Crippen LogP contribution in [0.5, 0.6) is 11.5 Å². The summed E-state index contributed by atoms with van der Waals surface area (Å²) in [7, 11) is 3.66. The lowest BCUT2D eigenvalue weighted by Crippen LogP contribution is -2.18. The first-order valence-electron chi connectivity index (χ1n) is 7.74. The minimum Gasteiger partial charge on any atom is -0.493 e. The Balaban J connectivity index is 1.64. The van der Waals surface area contributed by atoms with Crippen molar-refractivity contribution in [1.29, 1.82) is 0 Å². The molecule has 1 aromatic rings. The largest absolute Gasteiger partial charge is 0.493 e. The van der Waals surface area contributed by atoms with Crippen molar-refractivity contribution in [1.82, 2.24) is 5.32 Å². The van der Waals surface area contributed by atoms with Crippen molar-refractivity contribution in [2.45, 2.75) is 32.2 Å². The molecular formula is C17H25NO2. The van der Waals surface area contributed by atoms with Crippen LogP contribution in [0.15, 0.2) is 18.2 Å². The summed E-state index contributed by atoms with van der Waals surface area (Å²) < 4.78 is 11.5. The van der Waals surface area contributed by atoms with Crippen LogP contribution in [0.1, 0.15) is 31.2 Å². The summed E-state index contributed by atoms with van der Waals surface area (Å²) in [6, 6.07) is 6.19. The van der Waals surface area contributed by atoms with Gasteiger partial charge in [0.1, 0.15) is 0 Å². The second kappa shape index (κ2) is 6.04. The van der Waals surface area contributed by atoms with E-state index >= 15 is 0 Å². The van der Waals surface area contributed by atoms with E-state index in [0.717, 1.165) is 42.4 Å². The highest BCUT2D eigenvalue weighted by Gasteiger charge is 2.39. The van der Waals surface area contributed by atoms with E-state index in [1.165, 1.54) is 31.2 Å². The van der Waals surface area contributed by atoms with Gasteiger partial charge in [-0.15, -0.1) is 0 Å². The lowest BCUT2D eigenvalue weighted by molar-refractivity contribution is 0.189. The van der Waals surface area contributed by atoms with Crippen LogP contribution >= 0.6 is 0 Å². The molecule has 3 unspecified atom stereocenters. The van der Waals surface area contributed by atoms with Crippen LogP contribution in [-0.4, -0.2) is 20.8 Å². The van der Waals surface area contributed by atoms with Gasteiger partial charge in [0.25, 0.3) is 0 Å². The van der Waals surface area contributed by atoms with Crippen molar-refractivity contribution in [2.24, 2.45) is 17.8 Å². The zero-order valence-electron chi connectivity index (χ0n) is 12.5. The minimum absolute atomic E-state index is 0.756. The molecule has 2 bridgehead atoms. The monoisotopic (exact) mass is 275 g/mol. The molecule has 0 radical (unpaired) electrons. The number of methoxy groups -OCH3 is 1. The predicted molar refractivity (Wildman–Crippen MR) is 80.2 cm³/mol. The molecule has 2 aliphatic rings.